The first-order valence-corrected chi connectivity index (χ1v) is 11.0. The molecule has 1 aliphatic heterocycles. The highest BCUT2D eigenvalue weighted by Gasteiger charge is 2.21. The van der Waals surface area contributed by atoms with Crippen molar-refractivity contribution in [2.24, 2.45) is 0 Å². The normalized spacial score (nSPS) is 13.8. The summed E-state index contributed by atoms with van der Waals surface area (Å²) in [6, 6.07) is 19.2. The van der Waals surface area contributed by atoms with Crippen LogP contribution in [0.25, 0.3) is 11.1 Å². The smallest absolute Gasteiger partial charge is 0.254 e. The number of rotatable bonds is 8. The van der Waals surface area contributed by atoms with E-state index < -0.39 is 0 Å². The zero-order chi connectivity index (χ0) is 22.3. The maximum Gasteiger partial charge on any atom is 0.254 e. The molecule has 1 N–H and O–H groups in total. The zero-order valence-electron chi connectivity index (χ0n) is 18.3. The molecule has 1 fully saturated rings. The summed E-state index contributed by atoms with van der Waals surface area (Å²) in [6.07, 6.45) is 2.36. The molecule has 7 heteroatoms. The number of aryl methyl sites for hydroxylation is 1. The van der Waals surface area contributed by atoms with Gasteiger partial charge in [-0.05, 0) is 56.1 Å². The highest BCUT2D eigenvalue weighted by molar-refractivity contribution is 5.99. The molecule has 1 saturated heterocycles. The third-order valence-electron chi connectivity index (χ3n) is 5.64. The van der Waals surface area contributed by atoms with Gasteiger partial charge in [-0.25, -0.2) is 0 Å². The molecule has 3 aromatic rings. The summed E-state index contributed by atoms with van der Waals surface area (Å²) < 4.78 is 5.00. The first-order chi connectivity index (χ1) is 15.6. The van der Waals surface area contributed by atoms with Crippen LogP contribution < -0.4 is 5.32 Å². The quantitative estimate of drug-likeness (QED) is 0.585. The molecule has 0 radical (unpaired) electrons. The monoisotopic (exact) mass is 432 g/mol. The van der Waals surface area contributed by atoms with E-state index in [-0.39, 0.29) is 18.4 Å². The molecule has 0 spiro atoms. The zero-order valence-corrected chi connectivity index (χ0v) is 18.3. The number of nitrogens with zero attached hydrogens (tertiary/aromatic N) is 3. The number of amides is 2. The standard InChI is InChI=1S/C25H28N4O3/c1-19-17-23(27-32-19)26-24(30)18-29(16-15-28-13-5-6-14-28)25(31)22-11-9-21(10-12-22)20-7-3-2-4-8-20/h2-4,7-12,17H,5-6,13-16,18H2,1H3,(H,26,27,30). The van der Waals surface area contributed by atoms with Crippen molar-refractivity contribution in [3.8, 4) is 11.1 Å². The van der Waals surface area contributed by atoms with Crippen molar-refractivity contribution in [1.29, 1.82) is 0 Å². The lowest BCUT2D eigenvalue weighted by Crippen LogP contribution is -2.42. The van der Waals surface area contributed by atoms with Gasteiger partial charge >= 0.3 is 0 Å². The lowest BCUT2D eigenvalue weighted by molar-refractivity contribution is -0.117. The van der Waals surface area contributed by atoms with Crippen molar-refractivity contribution in [2.45, 2.75) is 19.8 Å². The van der Waals surface area contributed by atoms with Gasteiger partial charge in [0.2, 0.25) is 5.91 Å². The average Bonchev–Trinajstić information content (AvgIpc) is 3.48. The summed E-state index contributed by atoms with van der Waals surface area (Å²) in [5, 5.41) is 6.50. The van der Waals surface area contributed by atoms with Gasteiger partial charge in [-0.2, -0.15) is 0 Å². The number of carbonyl (C=O) groups excluding carboxylic acids is 2. The van der Waals surface area contributed by atoms with Crippen LogP contribution in [0, 0.1) is 6.92 Å². The van der Waals surface area contributed by atoms with Gasteiger partial charge < -0.3 is 19.6 Å². The van der Waals surface area contributed by atoms with E-state index in [9.17, 15) is 9.59 Å². The number of benzene rings is 2. The summed E-state index contributed by atoms with van der Waals surface area (Å²) in [5.74, 6) is 0.511. The molecule has 2 amide bonds. The van der Waals surface area contributed by atoms with E-state index in [1.54, 1.807) is 17.9 Å². The van der Waals surface area contributed by atoms with Crippen molar-refractivity contribution >= 4 is 17.6 Å². The van der Waals surface area contributed by atoms with E-state index in [0.717, 1.165) is 30.8 Å². The minimum atomic E-state index is -0.297. The van der Waals surface area contributed by atoms with Crippen LogP contribution >= 0.6 is 0 Å². The molecule has 1 aromatic heterocycles. The van der Waals surface area contributed by atoms with E-state index in [4.69, 9.17) is 4.52 Å². The Bertz CT molecular complexity index is 1040. The van der Waals surface area contributed by atoms with E-state index in [2.05, 4.69) is 15.4 Å². The van der Waals surface area contributed by atoms with E-state index in [0.29, 0.717) is 23.7 Å². The minimum absolute atomic E-state index is 0.0426. The molecule has 0 atom stereocenters. The first-order valence-electron chi connectivity index (χ1n) is 11.0. The Hall–Kier alpha value is -3.45. The average molecular weight is 433 g/mol. The molecule has 1 aliphatic rings. The Morgan fingerprint density at radius 1 is 1.03 bits per heavy atom. The number of hydrogen-bond donors (Lipinski definition) is 1. The van der Waals surface area contributed by atoms with E-state index >= 15 is 0 Å². The first kappa shape index (κ1) is 21.8. The van der Waals surface area contributed by atoms with Crippen molar-refractivity contribution in [2.75, 3.05) is 38.0 Å². The molecule has 4 rings (SSSR count). The Morgan fingerprint density at radius 2 is 1.72 bits per heavy atom. The van der Waals surface area contributed by atoms with Crippen LogP contribution in [0.4, 0.5) is 5.82 Å². The summed E-state index contributed by atoms with van der Waals surface area (Å²) in [5.41, 5.74) is 2.71. The number of hydrogen-bond acceptors (Lipinski definition) is 5. The van der Waals surface area contributed by atoms with Crippen LogP contribution in [0.5, 0.6) is 0 Å². The van der Waals surface area contributed by atoms with Crippen LogP contribution in [0.2, 0.25) is 0 Å². The maximum absolute atomic E-state index is 13.3. The van der Waals surface area contributed by atoms with Crippen molar-refractivity contribution in [3.05, 3.63) is 72.0 Å². The number of carbonyl (C=O) groups is 2. The van der Waals surface area contributed by atoms with Crippen LogP contribution in [-0.4, -0.2) is 59.5 Å². The Kier molecular flexibility index (Phi) is 6.97. The number of nitrogens with one attached hydrogen (secondary N) is 1. The minimum Gasteiger partial charge on any atom is -0.360 e. The highest BCUT2D eigenvalue weighted by Crippen LogP contribution is 2.20. The molecule has 0 bridgehead atoms. The molecular weight excluding hydrogens is 404 g/mol. The largest absolute Gasteiger partial charge is 0.360 e. The van der Waals surface area contributed by atoms with Gasteiger partial charge in [-0.15, -0.1) is 0 Å². The van der Waals surface area contributed by atoms with Crippen molar-refractivity contribution < 1.29 is 14.1 Å². The van der Waals surface area contributed by atoms with Gasteiger partial charge in [0.05, 0.1) is 0 Å². The predicted molar refractivity (Wildman–Crippen MR) is 123 cm³/mol. The molecule has 0 aliphatic carbocycles. The summed E-state index contributed by atoms with van der Waals surface area (Å²) in [7, 11) is 0. The lowest BCUT2D eigenvalue weighted by atomic mass is 10.0. The van der Waals surface area contributed by atoms with Gasteiger partial charge in [0.15, 0.2) is 5.82 Å². The predicted octanol–water partition coefficient (Wildman–Crippen LogP) is 3.83. The molecule has 2 heterocycles. The highest BCUT2D eigenvalue weighted by atomic mass is 16.5. The van der Waals surface area contributed by atoms with Crippen molar-refractivity contribution in [1.82, 2.24) is 15.0 Å². The fraction of sp³-hybridized carbons (Fsp3) is 0.320. The van der Waals surface area contributed by atoms with E-state index in [1.807, 2.05) is 54.6 Å². The second-order valence-corrected chi connectivity index (χ2v) is 8.09. The fourth-order valence-electron chi connectivity index (χ4n) is 3.92. The van der Waals surface area contributed by atoms with Crippen LogP contribution in [0.3, 0.4) is 0 Å². The van der Waals surface area contributed by atoms with Crippen molar-refractivity contribution in [3.63, 3.8) is 0 Å². The lowest BCUT2D eigenvalue weighted by Gasteiger charge is -2.25. The summed E-state index contributed by atoms with van der Waals surface area (Å²) >= 11 is 0. The molecule has 7 nitrogen and oxygen atoms in total. The van der Waals surface area contributed by atoms with E-state index in [1.165, 1.54) is 12.8 Å². The molecule has 32 heavy (non-hydrogen) atoms. The number of aromatic nitrogens is 1. The Labute approximate surface area is 188 Å². The second kappa shape index (κ2) is 10.2. The van der Waals surface area contributed by atoms with Crippen LogP contribution in [0.1, 0.15) is 29.0 Å². The molecule has 0 unspecified atom stereocenters. The van der Waals surface area contributed by atoms with Gasteiger partial charge in [0.1, 0.15) is 12.3 Å². The molecule has 2 aromatic carbocycles. The third-order valence-corrected chi connectivity index (χ3v) is 5.64. The number of anilines is 1. The van der Waals surface area contributed by atoms with Crippen LogP contribution in [-0.2, 0) is 4.79 Å². The van der Waals surface area contributed by atoms with Gasteiger partial charge in [0.25, 0.3) is 5.91 Å². The molecule has 166 valence electrons. The summed E-state index contributed by atoms with van der Waals surface area (Å²) in [6.45, 7) is 5.04. The number of likely N-dealkylation sites (tertiary alicyclic amines) is 1. The molecule has 0 saturated carbocycles. The Morgan fingerprint density at radius 3 is 2.38 bits per heavy atom. The third kappa shape index (κ3) is 5.62. The Balaban J connectivity index is 1.45. The van der Waals surface area contributed by atoms with Gasteiger partial charge in [0, 0.05) is 24.7 Å². The summed E-state index contributed by atoms with van der Waals surface area (Å²) in [4.78, 5) is 29.8. The van der Waals surface area contributed by atoms with Gasteiger partial charge in [-0.1, -0.05) is 47.6 Å². The van der Waals surface area contributed by atoms with Crippen LogP contribution in [0.15, 0.2) is 65.2 Å². The molecular formula is C25H28N4O3. The van der Waals surface area contributed by atoms with Gasteiger partial charge in [-0.3, -0.25) is 9.59 Å². The SMILES string of the molecule is Cc1cc(NC(=O)CN(CCN2CCCC2)C(=O)c2ccc(-c3ccccc3)cc2)no1. The fourth-order valence-corrected chi connectivity index (χ4v) is 3.92. The second-order valence-electron chi connectivity index (χ2n) is 8.09. The topological polar surface area (TPSA) is 78.7 Å². The maximum atomic E-state index is 13.3.